The highest BCUT2D eigenvalue weighted by Gasteiger charge is 2.61. The average molecular weight is 304 g/mol. The normalized spacial score (nSPS) is 57.6. The van der Waals surface area contributed by atoms with Crippen molar-refractivity contribution in [2.75, 3.05) is 0 Å². The fraction of sp³-hybridized carbons (Fsp3) is 0.900. The molecule has 4 rings (SSSR count). The molecule has 2 N–H and O–H groups in total. The van der Waals surface area contributed by atoms with Crippen molar-refractivity contribution >= 4 is 0 Å². The van der Waals surface area contributed by atoms with Crippen molar-refractivity contribution in [3.05, 3.63) is 12.7 Å². The van der Waals surface area contributed by atoms with Crippen molar-refractivity contribution in [3.63, 3.8) is 0 Å². The molecule has 2 heteroatoms. The molecular formula is C20H32O2. The summed E-state index contributed by atoms with van der Waals surface area (Å²) >= 11 is 0. The Balaban J connectivity index is 1.68. The Morgan fingerprint density at radius 2 is 1.68 bits per heavy atom. The van der Waals surface area contributed by atoms with Gasteiger partial charge in [-0.05, 0) is 92.3 Å². The molecule has 0 amide bonds. The molecule has 0 aromatic carbocycles. The predicted octanol–water partition coefficient (Wildman–Crippen LogP) is 3.92. The van der Waals surface area contributed by atoms with Crippen LogP contribution >= 0.6 is 0 Å². The van der Waals surface area contributed by atoms with E-state index in [4.69, 9.17) is 0 Å². The minimum Gasteiger partial charge on any atom is -0.393 e. The Hall–Kier alpha value is -0.340. The molecule has 8 atom stereocenters. The fourth-order valence-corrected chi connectivity index (χ4v) is 7.34. The van der Waals surface area contributed by atoms with Crippen LogP contribution in [0.3, 0.4) is 0 Å². The van der Waals surface area contributed by atoms with E-state index < -0.39 is 0 Å². The molecule has 4 aliphatic rings. The van der Waals surface area contributed by atoms with Crippen molar-refractivity contribution in [1.82, 2.24) is 0 Å². The van der Waals surface area contributed by atoms with Crippen LogP contribution in [0.15, 0.2) is 12.7 Å². The number of fused-ring (bicyclic) bond motifs is 5. The second kappa shape index (κ2) is 5.08. The lowest BCUT2D eigenvalue weighted by Crippen LogP contribution is -2.54. The number of allylic oxidation sites excluding steroid dienone is 1. The van der Waals surface area contributed by atoms with E-state index in [1.807, 2.05) is 0 Å². The standard InChI is InChI=1S/C20H32O2/c1-3-20-9-8-19(2)12-15(22)11-18(19)17(20)6-4-13-10-14(21)5-7-16(13)20/h3,13-18,21-22H,1,4-12H2,2H3/t13?,14?,15-,16+,17+,18+,19-,20-/m1/s1. The van der Waals surface area contributed by atoms with Crippen molar-refractivity contribution in [1.29, 1.82) is 0 Å². The van der Waals surface area contributed by atoms with E-state index in [0.717, 1.165) is 37.5 Å². The van der Waals surface area contributed by atoms with Gasteiger partial charge in [0.2, 0.25) is 0 Å². The summed E-state index contributed by atoms with van der Waals surface area (Å²) in [6, 6.07) is 0. The van der Waals surface area contributed by atoms with Gasteiger partial charge in [-0.15, -0.1) is 6.58 Å². The third kappa shape index (κ3) is 1.99. The highest BCUT2D eigenvalue weighted by Crippen LogP contribution is 2.67. The molecule has 0 aromatic heterocycles. The summed E-state index contributed by atoms with van der Waals surface area (Å²) in [7, 11) is 0. The molecule has 0 saturated heterocycles. The van der Waals surface area contributed by atoms with Gasteiger partial charge >= 0.3 is 0 Å². The van der Waals surface area contributed by atoms with Gasteiger partial charge in [-0.25, -0.2) is 0 Å². The lowest BCUT2D eigenvalue weighted by atomic mass is 9.43. The summed E-state index contributed by atoms with van der Waals surface area (Å²) in [4.78, 5) is 0. The number of rotatable bonds is 1. The molecule has 4 saturated carbocycles. The first-order valence-electron chi connectivity index (χ1n) is 9.48. The van der Waals surface area contributed by atoms with Crippen molar-refractivity contribution < 1.29 is 10.2 Å². The third-order valence-electron chi connectivity index (χ3n) is 8.30. The van der Waals surface area contributed by atoms with Crippen LogP contribution in [0.25, 0.3) is 0 Å². The number of aliphatic hydroxyl groups excluding tert-OH is 2. The van der Waals surface area contributed by atoms with Crippen LogP contribution in [0.5, 0.6) is 0 Å². The van der Waals surface area contributed by atoms with Gasteiger partial charge in [-0.1, -0.05) is 13.0 Å². The first kappa shape index (κ1) is 15.2. The Bertz CT molecular complexity index is 461. The van der Waals surface area contributed by atoms with Crippen molar-refractivity contribution in [2.24, 2.45) is 34.5 Å². The number of hydrogen-bond acceptors (Lipinski definition) is 2. The molecule has 124 valence electrons. The van der Waals surface area contributed by atoms with Crippen LogP contribution in [-0.2, 0) is 0 Å². The Kier molecular flexibility index (Phi) is 3.51. The van der Waals surface area contributed by atoms with Crippen molar-refractivity contribution in [2.45, 2.75) is 76.9 Å². The van der Waals surface area contributed by atoms with Crippen LogP contribution in [0.4, 0.5) is 0 Å². The van der Waals surface area contributed by atoms with Gasteiger partial charge in [-0.3, -0.25) is 0 Å². The molecule has 2 nitrogen and oxygen atoms in total. The SMILES string of the molecule is C=C[C@]12CC[C@]3(C)C[C@H](O)C[C@H]3[C@@H]1CCC1CC(O)CC[C@@H]12. The number of hydrogen-bond donors (Lipinski definition) is 2. The largest absolute Gasteiger partial charge is 0.393 e. The van der Waals surface area contributed by atoms with Crippen LogP contribution in [0.2, 0.25) is 0 Å². The van der Waals surface area contributed by atoms with E-state index in [1.54, 1.807) is 0 Å². The summed E-state index contributed by atoms with van der Waals surface area (Å²) in [5.41, 5.74) is 0.648. The predicted molar refractivity (Wildman–Crippen MR) is 88.3 cm³/mol. The monoisotopic (exact) mass is 304 g/mol. The fourth-order valence-electron chi connectivity index (χ4n) is 7.34. The second-order valence-electron chi connectivity index (χ2n) is 9.19. The average Bonchev–Trinajstić information content (AvgIpc) is 2.80. The molecule has 0 radical (unpaired) electrons. The lowest BCUT2D eigenvalue weighted by molar-refractivity contribution is -0.110. The Morgan fingerprint density at radius 3 is 2.45 bits per heavy atom. The zero-order valence-electron chi connectivity index (χ0n) is 14.0. The first-order valence-corrected chi connectivity index (χ1v) is 9.48. The third-order valence-corrected chi connectivity index (χ3v) is 8.30. The summed E-state index contributed by atoms with van der Waals surface area (Å²) in [6.45, 7) is 6.73. The van der Waals surface area contributed by atoms with Gasteiger partial charge < -0.3 is 10.2 Å². The topological polar surface area (TPSA) is 40.5 Å². The van der Waals surface area contributed by atoms with E-state index in [2.05, 4.69) is 19.6 Å². The molecule has 0 aromatic rings. The molecule has 4 aliphatic carbocycles. The summed E-state index contributed by atoms with van der Waals surface area (Å²) in [5.74, 6) is 2.84. The van der Waals surface area contributed by atoms with Crippen molar-refractivity contribution in [3.8, 4) is 0 Å². The molecule has 2 unspecified atom stereocenters. The number of aliphatic hydroxyl groups is 2. The maximum absolute atomic E-state index is 10.3. The zero-order chi connectivity index (χ0) is 15.5. The van der Waals surface area contributed by atoms with Gasteiger partial charge in [0.1, 0.15) is 0 Å². The minimum atomic E-state index is -0.0819. The summed E-state index contributed by atoms with van der Waals surface area (Å²) < 4.78 is 0. The Labute approximate surface area is 135 Å². The highest BCUT2D eigenvalue weighted by molar-refractivity contribution is 5.16. The molecule has 4 fully saturated rings. The molecule has 0 heterocycles. The van der Waals surface area contributed by atoms with Gasteiger partial charge in [0.05, 0.1) is 12.2 Å². The van der Waals surface area contributed by atoms with Crippen LogP contribution < -0.4 is 0 Å². The molecule has 0 bridgehead atoms. The maximum Gasteiger partial charge on any atom is 0.0548 e. The Morgan fingerprint density at radius 1 is 0.909 bits per heavy atom. The zero-order valence-corrected chi connectivity index (χ0v) is 14.0. The minimum absolute atomic E-state index is 0.0678. The van der Waals surface area contributed by atoms with E-state index in [-0.39, 0.29) is 17.6 Å². The van der Waals surface area contributed by atoms with E-state index in [1.165, 1.54) is 32.1 Å². The van der Waals surface area contributed by atoms with E-state index in [0.29, 0.717) is 17.3 Å². The molecule has 0 aliphatic heterocycles. The lowest BCUT2D eigenvalue weighted by Gasteiger charge is -2.61. The quantitative estimate of drug-likeness (QED) is 0.721. The molecule has 22 heavy (non-hydrogen) atoms. The maximum atomic E-state index is 10.3. The van der Waals surface area contributed by atoms with E-state index in [9.17, 15) is 10.2 Å². The molecular weight excluding hydrogens is 272 g/mol. The molecule has 0 spiro atoms. The highest BCUT2D eigenvalue weighted by atomic mass is 16.3. The second-order valence-corrected chi connectivity index (χ2v) is 9.19. The van der Waals surface area contributed by atoms with E-state index >= 15 is 0 Å². The van der Waals surface area contributed by atoms with Crippen LogP contribution in [0, 0.1) is 34.5 Å². The van der Waals surface area contributed by atoms with Crippen LogP contribution in [0.1, 0.15) is 64.7 Å². The smallest absolute Gasteiger partial charge is 0.0548 e. The van der Waals surface area contributed by atoms with Gasteiger partial charge in [0.15, 0.2) is 0 Å². The van der Waals surface area contributed by atoms with Crippen LogP contribution in [-0.4, -0.2) is 22.4 Å². The first-order chi connectivity index (χ1) is 10.5. The van der Waals surface area contributed by atoms with Gasteiger partial charge in [0.25, 0.3) is 0 Å². The summed E-state index contributed by atoms with van der Waals surface area (Å²) in [6.07, 6.45) is 12.4. The summed E-state index contributed by atoms with van der Waals surface area (Å²) in [5, 5.41) is 20.3. The van der Waals surface area contributed by atoms with Gasteiger partial charge in [0, 0.05) is 0 Å². The van der Waals surface area contributed by atoms with Gasteiger partial charge in [-0.2, -0.15) is 0 Å².